The van der Waals surface area contributed by atoms with Crippen molar-refractivity contribution < 1.29 is 4.79 Å². The van der Waals surface area contributed by atoms with E-state index in [-0.39, 0.29) is 18.3 Å². The summed E-state index contributed by atoms with van der Waals surface area (Å²) in [7, 11) is 1.97. The highest BCUT2D eigenvalue weighted by Crippen LogP contribution is 2.29. The van der Waals surface area contributed by atoms with Crippen LogP contribution in [0.2, 0.25) is 5.02 Å². The lowest BCUT2D eigenvalue weighted by atomic mass is 9.98. The van der Waals surface area contributed by atoms with Crippen LogP contribution in [-0.2, 0) is 10.5 Å². The van der Waals surface area contributed by atoms with Crippen LogP contribution < -0.4 is 5.32 Å². The van der Waals surface area contributed by atoms with E-state index in [1.807, 2.05) is 30.1 Å². The highest BCUT2D eigenvalue weighted by atomic mass is 35.5. The number of fused-ring (bicyclic) bond motifs is 2. The Morgan fingerprint density at radius 1 is 1.35 bits per heavy atom. The summed E-state index contributed by atoms with van der Waals surface area (Å²) in [6.45, 7) is 0. The first-order valence-electron chi connectivity index (χ1n) is 7.95. The van der Waals surface area contributed by atoms with E-state index in [4.69, 9.17) is 11.6 Å². The average Bonchev–Trinajstić information content (AvgIpc) is 2.85. The summed E-state index contributed by atoms with van der Waals surface area (Å²) < 4.78 is 0. The maximum absolute atomic E-state index is 12.4. The smallest absolute Gasteiger partial charge is 0.232 e. The van der Waals surface area contributed by atoms with Gasteiger partial charge in [0.1, 0.15) is 0 Å². The number of thioether (sulfide) groups is 1. The molecule has 0 radical (unpaired) electrons. The molecule has 3 rings (SSSR count). The maximum Gasteiger partial charge on any atom is 0.232 e. The number of nitrogens with zero attached hydrogens (tertiary/aromatic N) is 1. The molecule has 128 valence electrons. The second-order valence-electron chi connectivity index (χ2n) is 6.39. The van der Waals surface area contributed by atoms with E-state index in [2.05, 4.69) is 11.4 Å². The van der Waals surface area contributed by atoms with Gasteiger partial charge in [-0.1, -0.05) is 23.7 Å². The highest BCUT2D eigenvalue weighted by molar-refractivity contribution is 7.99. The van der Waals surface area contributed by atoms with Crippen molar-refractivity contribution in [1.29, 1.82) is 0 Å². The van der Waals surface area contributed by atoms with Gasteiger partial charge in [-0.15, -0.1) is 24.2 Å². The quantitative estimate of drug-likeness (QED) is 0.851. The fourth-order valence-corrected chi connectivity index (χ4v) is 4.64. The van der Waals surface area contributed by atoms with Gasteiger partial charge >= 0.3 is 0 Å². The van der Waals surface area contributed by atoms with Gasteiger partial charge in [0.15, 0.2) is 0 Å². The molecule has 2 unspecified atom stereocenters. The average molecular weight is 375 g/mol. The number of hydrogen-bond acceptors (Lipinski definition) is 3. The molecular weight excluding hydrogens is 351 g/mol. The number of piperidine rings is 1. The molecule has 0 spiro atoms. The Bertz CT molecular complexity index is 531. The summed E-state index contributed by atoms with van der Waals surface area (Å²) in [5.41, 5.74) is 1.17. The summed E-state index contributed by atoms with van der Waals surface area (Å²) in [5, 5.41) is 4.38. The van der Waals surface area contributed by atoms with Gasteiger partial charge in [-0.25, -0.2) is 0 Å². The highest BCUT2D eigenvalue weighted by Gasteiger charge is 2.36. The number of amides is 1. The van der Waals surface area contributed by atoms with Crippen LogP contribution in [0.15, 0.2) is 24.3 Å². The first kappa shape index (κ1) is 18.9. The summed E-state index contributed by atoms with van der Waals surface area (Å²) in [5.74, 6) is 1.62. The minimum Gasteiger partial charge on any atom is -0.342 e. The summed E-state index contributed by atoms with van der Waals surface area (Å²) >= 11 is 7.65. The van der Waals surface area contributed by atoms with Crippen LogP contribution >= 0.6 is 35.8 Å². The molecule has 1 aromatic carbocycles. The molecule has 6 heteroatoms. The molecule has 2 aliphatic heterocycles. The van der Waals surface area contributed by atoms with Crippen LogP contribution in [-0.4, -0.2) is 41.7 Å². The number of benzene rings is 1. The molecule has 23 heavy (non-hydrogen) atoms. The van der Waals surface area contributed by atoms with Crippen molar-refractivity contribution in [3.05, 3.63) is 34.9 Å². The lowest BCUT2D eigenvalue weighted by Crippen LogP contribution is -2.49. The van der Waals surface area contributed by atoms with E-state index in [0.29, 0.717) is 23.9 Å². The largest absolute Gasteiger partial charge is 0.342 e. The third-order valence-corrected chi connectivity index (χ3v) is 6.00. The normalized spacial score (nSPS) is 25.7. The Kier molecular flexibility index (Phi) is 7.08. The monoisotopic (exact) mass is 374 g/mol. The number of carbonyl (C=O) groups is 1. The summed E-state index contributed by atoms with van der Waals surface area (Å²) in [6.07, 6.45) is 4.76. The van der Waals surface area contributed by atoms with E-state index in [1.165, 1.54) is 18.4 Å². The Morgan fingerprint density at radius 2 is 2.04 bits per heavy atom. The van der Waals surface area contributed by atoms with Crippen LogP contribution in [0, 0.1) is 0 Å². The molecule has 2 saturated heterocycles. The standard InChI is InChI=1S/C17H23ClN2OS.ClH/c1-20(16-8-14-5-6-15(9-16)19-14)17(21)11-22-10-12-3-2-4-13(18)7-12;/h2-4,7,14-16,19H,5-6,8-11H2,1H3;1H. The third-order valence-electron chi connectivity index (χ3n) is 4.77. The lowest BCUT2D eigenvalue weighted by molar-refractivity contribution is -0.129. The van der Waals surface area contributed by atoms with Crippen molar-refractivity contribution in [2.45, 2.75) is 49.6 Å². The Labute approximate surface area is 153 Å². The third kappa shape index (κ3) is 5.02. The van der Waals surface area contributed by atoms with E-state index in [9.17, 15) is 4.79 Å². The molecule has 0 saturated carbocycles. The molecule has 3 nitrogen and oxygen atoms in total. The molecule has 2 atom stereocenters. The predicted molar refractivity (Wildman–Crippen MR) is 101 cm³/mol. The fourth-order valence-electron chi connectivity index (χ4n) is 3.53. The molecule has 1 amide bonds. The van der Waals surface area contributed by atoms with Gasteiger partial charge in [0.25, 0.3) is 0 Å². The zero-order valence-corrected chi connectivity index (χ0v) is 15.7. The SMILES string of the molecule is CN(C(=O)CSCc1cccc(Cl)c1)C1CC2CCC(C1)N2.Cl. The van der Waals surface area contributed by atoms with E-state index >= 15 is 0 Å². The Morgan fingerprint density at radius 3 is 2.70 bits per heavy atom. The minimum atomic E-state index is 0. The molecule has 0 aliphatic carbocycles. The van der Waals surface area contributed by atoms with Crippen molar-refractivity contribution in [3.63, 3.8) is 0 Å². The van der Waals surface area contributed by atoms with E-state index in [0.717, 1.165) is 23.6 Å². The molecule has 2 aliphatic rings. The van der Waals surface area contributed by atoms with Gasteiger partial charge in [0, 0.05) is 35.9 Å². The summed E-state index contributed by atoms with van der Waals surface area (Å²) in [4.78, 5) is 14.4. The molecule has 0 aromatic heterocycles. The molecule has 2 fully saturated rings. The van der Waals surface area contributed by atoms with Crippen molar-refractivity contribution in [1.82, 2.24) is 10.2 Å². The first-order chi connectivity index (χ1) is 10.6. The van der Waals surface area contributed by atoms with E-state index in [1.54, 1.807) is 11.8 Å². The fraction of sp³-hybridized carbons (Fsp3) is 0.588. The van der Waals surface area contributed by atoms with Crippen LogP contribution in [0.1, 0.15) is 31.2 Å². The maximum atomic E-state index is 12.4. The minimum absolute atomic E-state index is 0. The number of carbonyl (C=O) groups excluding carboxylic acids is 1. The second-order valence-corrected chi connectivity index (χ2v) is 7.81. The van der Waals surface area contributed by atoms with Crippen LogP contribution in [0.3, 0.4) is 0 Å². The van der Waals surface area contributed by atoms with E-state index < -0.39 is 0 Å². The van der Waals surface area contributed by atoms with Crippen molar-refractivity contribution in [2.24, 2.45) is 0 Å². The van der Waals surface area contributed by atoms with Gasteiger partial charge in [-0.2, -0.15) is 0 Å². The van der Waals surface area contributed by atoms with Crippen molar-refractivity contribution >= 4 is 41.7 Å². The Hall–Kier alpha value is -0.420. The first-order valence-corrected chi connectivity index (χ1v) is 9.49. The van der Waals surface area contributed by atoms with Gasteiger partial charge in [-0.3, -0.25) is 4.79 Å². The topological polar surface area (TPSA) is 32.3 Å². The zero-order valence-electron chi connectivity index (χ0n) is 13.3. The number of hydrogen-bond donors (Lipinski definition) is 1. The molecular formula is C17H24Cl2N2OS. The molecule has 1 N–H and O–H groups in total. The van der Waals surface area contributed by atoms with Crippen LogP contribution in [0.25, 0.3) is 0 Å². The van der Waals surface area contributed by atoms with Crippen LogP contribution in [0.4, 0.5) is 0 Å². The summed E-state index contributed by atoms with van der Waals surface area (Å²) in [6, 6.07) is 9.51. The van der Waals surface area contributed by atoms with Crippen molar-refractivity contribution in [3.8, 4) is 0 Å². The van der Waals surface area contributed by atoms with Gasteiger partial charge in [0.2, 0.25) is 5.91 Å². The molecule has 1 aromatic rings. The van der Waals surface area contributed by atoms with Gasteiger partial charge in [0.05, 0.1) is 5.75 Å². The number of halogens is 2. The Balaban J connectivity index is 0.00000192. The number of nitrogens with one attached hydrogen (secondary N) is 1. The van der Waals surface area contributed by atoms with Crippen LogP contribution in [0.5, 0.6) is 0 Å². The van der Waals surface area contributed by atoms with Gasteiger partial charge < -0.3 is 10.2 Å². The molecule has 2 heterocycles. The van der Waals surface area contributed by atoms with Crippen molar-refractivity contribution in [2.75, 3.05) is 12.8 Å². The number of rotatable bonds is 5. The predicted octanol–water partition coefficient (Wildman–Crippen LogP) is 3.74. The second kappa shape index (κ2) is 8.61. The zero-order chi connectivity index (χ0) is 15.5. The van der Waals surface area contributed by atoms with Gasteiger partial charge in [-0.05, 0) is 43.4 Å². The molecule has 2 bridgehead atoms. The lowest BCUT2D eigenvalue weighted by Gasteiger charge is -2.35.